The van der Waals surface area contributed by atoms with Gasteiger partial charge in [-0.3, -0.25) is 0 Å². The lowest BCUT2D eigenvalue weighted by molar-refractivity contribution is 0.352. The summed E-state index contributed by atoms with van der Waals surface area (Å²) in [7, 11) is 0. The average molecular weight is 344 g/mol. The standard InChI is InChI=1S/C16H22ClNOS2/c1-9-10(2)21-15(8-20-9)14(18)7-12-6-13(17)5-11-3-4-19-16(11)12/h5-6,9-10,14-15H,3-4,7-8,18H2,1-2H3. The van der Waals surface area contributed by atoms with Gasteiger partial charge < -0.3 is 10.5 Å². The van der Waals surface area contributed by atoms with Crippen LogP contribution in [0.1, 0.15) is 25.0 Å². The van der Waals surface area contributed by atoms with Crippen LogP contribution >= 0.6 is 35.1 Å². The van der Waals surface area contributed by atoms with E-state index in [1.54, 1.807) is 0 Å². The third-order valence-corrected chi connectivity index (χ3v) is 8.12. The van der Waals surface area contributed by atoms with E-state index in [0.29, 0.717) is 10.5 Å². The highest BCUT2D eigenvalue weighted by Crippen LogP contribution is 2.39. The SMILES string of the molecule is CC1SCC(C(N)Cc2cc(Cl)cc3c2OCC3)SC1C. The number of nitrogens with two attached hydrogens (primary N) is 1. The fraction of sp³-hybridized carbons (Fsp3) is 0.625. The van der Waals surface area contributed by atoms with Gasteiger partial charge in [-0.15, -0.1) is 0 Å². The van der Waals surface area contributed by atoms with Crippen molar-refractivity contribution < 1.29 is 4.74 Å². The Kier molecular flexibility index (Phi) is 4.99. The van der Waals surface area contributed by atoms with Crippen LogP contribution in [0.5, 0.6) is 5.75 Å². The first-order valence-electron chi connectivity index (χ1n) is 7.51. The molecule has 21 heavy (non-hydrogen) atoms. The maximum absolute atomic E-state index is 6.50. The second-order valence-corrected chi connectivity index (χ2v) is 9.41. The zero-order chi connectivity index (χ0) is 15.0. The normalized spacial score (nSPS) is 29.8. The molecule has 0 spiro atoms. The summed E-state index contributed by atoms with van der Waals surface area (Å²) in [5.41, 5.74) is 8.91. The monoisotopic (exact) mass is 343 g/mol. The summed E-state index contributed by atoms with van der Waals surface area (Å²) in [5, 5.41) is 2.70. The van der Waals surface area contributed by atoms with Gasteiger partial charge in [0.15, 0.2) is 0 Å². The largest absolute Gasteiger partial charge is 0.493 e. The van der Waals surface area contributed by atoms with Crippen LogP contribution in [0.25, 0.3) is 0 Å². The Bertz CT molecular complexity index is 525. The fourth-order valence-corrected chi connectivity index (χ4v) is 6.24. The molecule has 1 fully saturated rings. The van der Waals surface area contributed by atoms with Crippen LogP contribution in [0.3, 0.4) is 0 Å². The van der Waals surface area contributed by atoms with Crippen molar-refractivity contribution in [2.45, 2.75) is 48.5 Å². The summed E-state index contributed by atoms with van der Waals surface area (Å²) in [6.45, 7) is 5.38. The molecule has 1 aromatic rings. The number of hydrogen-bond donors (Lipinski definition) is 1. The van der Waals surface area contributed by atoms with Crippen molar-refractivity contribution in [3.63, 3.8) is 0 Å². The van der Waals surface area contributed by atoms with E-state index in [1.807, 2.05) is 35.7 Å². The molecule has 0 radical (unpaired) electrons. The highest BCUT2D eigenvalue weighted by atomic mass is 35.5. The van der Waals surface area contributed by atoms with E-state index in [1.165, 1.54) is 11.1 Å². The van der Waals surface area contributed by atoms with Gasteiger partial charge in [0.05, 0.1) is 6.61 Å². The number of halogens is 1. The number of thioether (sulfide) groups is 2. The first kappa shape index (κ1) is 15.9. The molecule has 2 heterocycles. The Hall–Kier alpha value is -0.0300. The third-order valence-electron chi connectivity index (χ3n) is 4.33. The Morgan fingerprint density at radius 1 is 1.38 bits per heavy atom. The predicted octanol–water partition coefficient (Wildman–Crippen LogP) is 3.77. The Balaban J connectivity index is 1.72. The van der Waals surface area contributed by atoms with E-state index in [2.05, 4.69) is 13.8 Å². The van der Waals surface area contributed by atoms with Gasteiger partial charge in [0.1, 0.15) is 5.75 Å². The van der Waals surface area contributed by atoms with E-state index < -0.39 is 0 Å². The molecule has 0 saturated carbocycles. The summed E-state index contributed by atoms with van der Waals surface area (Å²) in [5.74, 6) is 2.17. The van der Waals surface area contributed by atoms with Crippen molar-refractivity contribution >= 4 is 35.1 Å². The molecular formula is C16H22ClNOS2. The molecule has 5 heteroatoms. The molecule has 4 atom stereocenters. The van der Waals surface area contributed by atoms with Gasteiger partial charge in [-0.05, 0) is 29.7 Å². The van der Waals surface area contributed by atoms with Gasteiger partial charge in [0.25, 0.3) is 0 Å². The van der Waals surface area contributed by atoms with Crippen LogP contribution in [0.15, 0.2) is 12.1 Å². The summed E-state index contributed by atoms with van der Waals surface area (Å²) < 4.78 is 5.78. The maximum atomic E-state index is 6.50. The van der Waals surface area contributed by atoms with E-state index in [9.17, 15) is 0 Å². The molecule has 2 nitrogen and oxygen atoms in total. The number of hydrogen-bond acceptors (Lipinski definition) is 4. The molecule has 1 aromatic carbocycles. The molecule has 2 N–H and O–H groups in total. The highest BCUT2D eigenvalue weighted by molar-refractivity contribution is 8.07. The Labute approximate surface area is 140 Å². The Morgan fingerprint density at radius 3 is 2.95 bits per heavy atom. The molecule has 4 unspecified atom stereocenters. The van der Waals surface area contributed by atoms with Crippen LogP contribution in [0.2, 0.25) is 5.02 Å². The maximum Gasteiger partial charge on any atom is 0.125 e. The quantitative estimate of drug-likeness (QED) is 0.906. The van der Waals surface area contributed by atoms with Crippen molar-refractivity contribution in [1.29, 1.82) is 0 Å². The molecule has 0 amide bonds. The lowest BCUT2D eigenvalue weighted by Gasteiger charge is -2.34. The van der Waals surface area contributed by atoms with Gasteiger partial charge in [-0.1, -0.05) is 25.4 Å². The van der Waals surface area contributed by atoms with E-state index >= 15 is 0 Å². The summed E-state index contributed by atoms with van der Waals surface area (Å²) in [6, 6.07) is 4.20. The molecule has 3 rings (SSSR count). The molecule has 0 bridgehead atoms. The second-order valence-electron chi connectivity index (χ2n) is 5.94. The highest BCUT2D eigenvalue weighted by Gasteiger charge is 2.30. The van der Waals surface area contributed by atoms with Crippen molar-refractivity contribution in [3.8, 4) is 5.75 Å². The first-order chi connectivity index (χ1) is 10.0. The molecule has 1 saturated heterocycles. The lowest BCUT2D eigenvalue weighted by atomic mass is 10.0. The zero-order valence-electron chi connectivity index (χ0n) is 12.5. The first-order valence-corrected chi connectivity index (χ1v) is 9.88. The summed E-state index contributed by atoms with van der Waals surface area (Å²) >= 11 is 10.3. The van der Waals surface area contributed by atoms with Gasteiger partial charge in [-0.2, -0.15) is 23.5 Å². The van der Waals surface area contributed by atoms with Crippen molar-refractivity contribution in [1.82, 2.24) is 0 Å². The van der Waals surface area contributed by atoms with Crippen LogP contribution < -0.4 is 10.5 Å². The van der Waals surface area contributed by atoms with Crippen molar-refractivity contribution in [2.75, 3.05) is 12.4 Å². The number of rotatable bonds is 3. The minimum Gasteiger partial charge on any atom is -0.493 e. The van der Waals surface area contributed by atoms with Crippen LogP contribution in [-0.4, -0.2) is 34.2 Å². The Morgan fingerprint density at radius 2 is 2.19 bits per heavy atom. The van der Waals surface area contributed by atoms with E-state index in [0.717, 1.165) is 41.2 Å². The van der Waals surface area contributed by atoms with E-state index in [4.69, 9.17) is 22.1 Å². The fourth-order valence-electron chi connectivity index (χ4n) is 2.92. The van der Waals surface area contributed by atoms with Gasteiger partial charge in [-0.25, -0.2) is 0 Å². The molecule has 2 aliphatic heterocycles. The minimum absolute atomic E-state index is 0.157. The van der Waals surface area contributed by atoms with Crippen molar-refractivity contribution in [2.24, 2.45) is 5.73 Å². The predicted molar refractivity (Wildman–Crippen MR) is 95.1 cm³/mol. The summed E-state index contributed by atoms with van der Waals surface area (Å²) in [6.07, 6.45) is 1.81. The van der Waals surface area contributed by atoms with Crippen LogP contribution in [0.4, 0.5) is 0 Å². The van der Waals surface area contributed by atoms with Gasteiger partial charge in [0.2, 0.25) is 0 Å². The van der Waals surface area contributed by atoms with Crippen LogP contribution in [0, 0.1) is 0 Å². The van der Waals surface area contributed by atoms with Gasteiger partial charge >= 0.3 is 0 Å². The topological polar surface area (TPSA) is 35.2 Å². The van der Waals surface area contributed by atoms with E-state index in [-0.39, 0.29) is 6.04 Å². The number of benzene rings is 1. The minimum atomic E-state index is 0.157. The van der Waals surface area contributed by atoms with Crippen molar-refractivity contribution in [3.05, 3.63) is 28.3 Å². The summed E-state index contributed by atoms with van der Waals surface area (Å²) in [4.78, 5) is 0. The number of fused-ring (bicyclic) bond motifs is 1. The molecule has 2 aliphatic rings. The third kappa shape index (κ3) is 3.49. The van der Waals surface area contributed by atoms with Gasteiger partial charge in [0, 0.05) is 39.0 Å². The molecular weight excluding hydrogens is 322 g/mol. The second kappa shape index (κ2) is 6.61. The van der Waals surface area contributed by atoms with Crippen LogP contribution in [-0.2, 0) is 12.8 Å². The lowest BCUT2D eigenvalue weighted by Crippen LogP contribution is -2.41. The average Bonchev–Trinajstić information content (AvgIpc) is 2.90. The molecule has 0 aromatic heterocycles. The molecule has 0 aliphatic carbocycles. The molecule has 116 valence electrons. The number of ether oxygens (including phenoxy) is 1. The smallest absolute Gasteiger partial charge is 0.125 e. The zero-order valence-corrected chi connectivity index (χ0v) is 14.9.